The first-order chi connectivity index (χ1) is 10.9. The van der Waals surface area contributed by atoms with Crippen molar-refractivity contribution in [1.29, 1.82) is 0 Å². The zero-order valence-corrected chi connectivity index (χ0v) is 14.0. The predicted octanol–water partition coefficient (Wildman–Crippen LogP) is 2.87. The molecule has 0 saturated carbocycles. The number of pyridine rings is 1. The van der Waals surface area contributed by atoms with Crippen LogP contribution in [0.3, 0.4) is 0 Å². The Labute approximate surface area is 136 Å². The van der Waals surface area contributed by atoms with Crippen LogP contribution in [0.1, 0.15) is 38.4 Å². The lowest BCUT2D eigenvalue weighted by atomic mass is 10.0. The highest BCUT2D eigenvalue weighted by molar-refractivity contribution is 5.89. The normalized spacial score (nSPS) is 19.8. The Hall–Kier alpha value is -1.95. The smallest absolute Gasteiger partial charge is 0.410 e. The molecule has 0 spiro atoms. The lowest BCUT2D eigenvalue weighted by Crippen LogP contribution is -2.40. The minimum absolute atomic E-state index is 0.283. The highest BCUT2D eigenvalue weighted by Gasteiger charge is 2.27. The fraction of sp³-hybridized carbons (Fsp3) is 0.588. The molecule has 1 amide bonds. The van der Waals surface area contributed by atoms with Crippen LogP contribution in [0, 0.1) is 0 Å². The van der Waals surface area contributed by atoms with Crippen LogP contribution >= 0.6 is 0 Å². The summed E-state index contributed by atoms with van der Waals surface area (Å²) in [7, 11) is 0. The van der Waals surface area contributed by atoms with Gasteiger partial charge in [0.2, 0.25) is 0 Å². The lowest BCUT2D eigenvalue weighted by Gasteiger charge is -2.31. The monoisotopic (exact) mass is 317 g/mol. The lowest BCUT2D eigenvalue weighted by molar-refractivity contribution is 0.0223. The van der Waals surface area contributed by atoms with Crippen LogP contribution < -0.4 is 0 Å². The number of nitrogens with zero attached hydrogens (tertiary/aromatic N) is 3. The van der Waals surface area contributed by atoms with E-state index in [0.29, 0.717) is 19.7 Å². The van der Waals surface area contributed by atoms with Crippen LogP contribution in [0.5, 0.6) is 0 Å². The van der Waals surface area contributed by atoms with Crippen LogP contribution in [0.2, 0.25) is 0 Å². The number of hydrogen-bond donors (Lipinski definition) is 0. The molecule has 6 heteroatoms. The summed E-state index contributed by atoms with van der Waals surface area (Å²) in [5, 5.41) is 0. The van der Waals surface area contributed by atoms with Gasteiger partial charge in [-0.25, -0.2) is 4.79 Å². The van der Waals surface area contributed by atoms with Crippen molar-refractivity contribution < 1.29 is 14.3 Å². The van der Waals surface area contributed by atoms with Gasteiger partial charge in [-0.05, 0) is 26.8 Å². The van der Waals surface area contributed by atoms with Crippen molar-refractivity contribution in [2.24, 2.45) is 4.99 Å². The van der Waals surface area contributed by atoms with E-state index < -0.39 is 5.60 Å². The van der Waals surface area contributed by atoms with Crippen molar-refractivity contribution in [3.05, 3.63) is 23.5 Å². The maximum Gasteiger partial charge on any atom is 0.410 e. The molecule has 0 aromatic carbocycles. The molecule has 0 N–H and O–H groups in total. The van der Waals surface area contributed by atoms with Crippen LogP contribution in [-0.2, 0) is 22.4 Å². The number of ether oxygens (including phenoxy) is 2. The summed E-state index contributed by atoms with van der Waals surface area (Å²) in [6.07, 6.45) is 3.10. The molecule has 23 heavy (non-hydrogen) atoms. The standard InChI is InChI=1S/C17H23N3O3/c1-17(2,3)23-16(21)20-8-5-14-13(10-20)15(4-7-18-14)19-12-6-9-22-11-12/h4,7H,5-6,8-11H2,1-3H3. The Morgan fingerprint density at radius 3 is 2.91 bits per heavy atom. The van der Waals surface area contributed by atoms with Gasteiger partial charge in [-0.15, -0.1) is 0 Å². The minimum Gasteiger partial charge on any atom is -0.444 e. The maximum absolute atomic E-state index is 12.3. The van der Waals surface area contributed by atoms with Gasteiger partial charge in [-0.1, -0.05) is 0 Å². The number of aliphatic imine (C=N–C) groups is 1. The molecule has 2 aliphatic heterocycles. The predicted molar refractivity (Wildman–Crippen MR) is 87.1 cm³/mol. The minimum atomic E-state index is -0.490. The van der Waals surface area contributed by atoms with Gasteiger partial charge >= 0.3 is 6.09 Å². The summed E-state index contributed by atoms with van der Waals surface area (Å²) in [6.45, 7) is 8.07. The van der Waals surface area contributed by atoms with Gasteiger partial charge in [0.15, 0.2) is 0 Å². The Balaban J connectivity index is 1.81. The third-order valence-electron chi connectivity index (χ3n) is 3.82. The molecule has 0 radical (unpaired) electrons. The Bertz CT molecular complexity index is 626. The highest BCUT2D eigenvalue weighted by Crippen LogP contribution is 2.28. The molecule has 124 valence electrons. The maximum atomic E-state index is 12.3. The second-order valence-corrected chi connectivity index (χ2v) is 6.89. The molecule has 1 fully saturated rings. The Morgan fingerprint density at radius 2 is 2.22 bits per heavy atom. The van der Waals surface area contributed by atoms with E-state index in [-0.39, 0.29) is 6.09 Å². The number of rotatable bonds is 1. The van der Waals surface area contributed by atoms with Crippen LogP contribution in [0.4, 0.5) is 10.5 Å². The van der Waals surface area contributed by atoms with E-state index in [1.807, 2.05) is 26.8 Å². The molecule has 1 saturated heterocycles. The third kappa shape index (κ3) is 3.88. The second-order valence-electron chi connectivity index (χ2n) is 6.89. The molecule has 0 unspecified atom stereocenters. The summed E-state index contributed by atoms with van der Waals surface area (Å²) in [4.78, 5) is 23.2. The summed E-state index contributed by atoms with van der Waals surface area (Å²) >= 11 is 0. The SMILES string of the molecule is CC(C)(C)OC(=O)N1CCc2nccc(N=C3CCOC3)c2C1. The van der Waals surface area contributed by atoms with Crippen molar-refractivity contribution in [1.82, 2.24) is 9.88 Å². The molecule has 3 rings (SSSR count). The van der Waals surface area contributed by atoms with Crippen LogP contribution in [-0.4, -0.2) is 47.0 Å². The van der Waals surface area contributed by atoms with Gasteiger partial charge < -0.3 is 14.4 Å². The molecule has 0 atom stereocenters. The number of amides is 1. The quantitative estimate of drug-likeness (QED) is 0.799. The van der Waals surface area contributed by atoms with Gasteiger partial charge in [0.05, 0.1) is 25.4 Å². The van der Waals surface area contributed by atoms with E-state index in [1.165, 1.54) is 0 Å². The summed E-state index contributed by atoms with van der Waals surface area (Å²) in [6, 6.07) is 1.91. The molecular weight excluding hydrogens is 294 g/mol. The summed E-state index contributed by atoms with van der Waals surface area (Å²) in [5.74, 6) is 0. The molecule has 1 aromatic rings. The van der Waals surface area contributed by atoms with Crippen molar-refractivity contribution in [3.63, 3.8) is 0 Å². The van der Waals surface area contributed by atoms with E-state index in [9.17, 15) is 4.79 Å². The first-order valence-corrected chi connectivity index (χ1v) is 8.01. The van der Waals surface area contributed by atoms with Crippen molar-refractivity contribution >= 4 is 17.5 Å². The molecule has 6 nitrogen and oxygen atoms in total. The first-order valence-electron chi connectivity index (χ1n) is 8.01. The van der Waals surface area contributed by atoms with E-state index in [2.05, 4.69) is 4.98 Å². The number of carbonyl (C=O) groups excluding carboxylic acids is 1. The summed E-state index contributed by atoms with van der Waals surface area (Å²) < 4.78 is 10.8. The zero-order chi connectivity index (χ0) is 16.4. The molecule has 0 aliphatic carbocycles. The number of hydrogen-bond acceptors (Lipinski definition) is 5. The van der Waals surface area contributed by atoms with Crippen molar-refractivity contribution in [2.45, 2.75) is 45.8 Å². The van der Waals surface area contributed by atoms with E-state index in [4.69, 9.17) is 14.5 Å². The van der Waals surface area contributed by atoms with Gasteiger partial charge in [0, 0.05) is 42.6 Å². The third-order valence-corrected chi connectivity index (χ3v) is 3.82. The second kappa shape index (κ2) is 6.28. The van der Waals surface area contributed by atoms with Gasteiger partial charge in [-0.2, -0.15) is 0 Å². The van der Waals surface area contributed by atoms with Crippen molar-refractivity contribution in [2.75, 3.05) is 19.8 Å². The zero-order valence-electron chi connectivity index (χ0n) is 14.0. The summed E-state index contributed by atoms with van der Waals surface area (Å²) in [5.41, 5.74) is 3.49. The average molecular weight is 317 g/mol. The highest BCUT2D eigenvalue weighted by atomic mass is 16.6. The van der Waals surface area contributed by atoms with Gasteiger partial charge in [0.25, 0.3) is 0 Å². The Kier molecular flexibility index (Phi) is 4.35. The molecular formula is C17H23N3O3. The number of fused-ring (bicyclic) bond motifs is 1. The van der Waals surface area contributed by atoms with E-state index >= 15 is 0 Å². The van der Waals surface area contributed by atoms with Crippen molar-refractivity contribution in [3.8, 4) is 0 Å². The van der Waals surface area contributed by atoms with E-state index in [0.717, 1.165) is 42.1 Å². The average Bonchev–Trinajstić information content (AvgIpc) is 2.98. The Morgan fingerprint density at radius 1 is 1.39 bits per heavy atom. The van der Waals surface area contributed by atoms with Gasteiger partial charge in [-0.3, -0.25) is 9.98 Å². The topological polar surface area (TPSA) is 64.0 Å². The van der Waals surface area contributed by atoms with Gasteiger partial charge in [0.1, 0.15) is 5.60 Å². The molecule has 0 bridgehead atoms. The van der Waals surface area contributed by atoms with Crippen LogP contribution in [0.15, 0.2) is 17.3 Å². The van der Waals surface area contributed by atoms with Crippen LogP contribution in [0.25, 0.3) is 0 Å². The molecule has 3 heterocycles. The number of aromatic nitrogens is 1. The first kappa shape index (κ1) is 15.9. The fourth-order valence-corrected chi connectivity index (χ4v) is 2.72. The number of carbonyl (C=O) groups is 1. The largest absolute Gasteiger partial charge is 0.444 e. The fourth-order valence-electron chi connectivity index (χ4n) is 2.72. The molecule has 1 aromatic heterocycles. The van der Waals surface area contributed by atoms with E-state index in [1.54, 1.807) is 11.1 Å². The molecule has 2 aliphatic rings.